The molecule has 1 fully saturated rings. The van der Waals surface area contributed by atoms with Gasteiger partial charge in [0.1, 0.15) is 5.84 Å². The van der Waals surface area contributed by atoms with Crippen LogP contribution in [0.15, 0.2) is 5.16 Å². The average molecular weight is 292 g/mol. The standard InChI is InChI=1S/C11H24N4O3S/c1-9-6-4-5-7-15(9)19(17,18)14(3)10(2)8-11(12)13-16/h9-10,16H,4-8H2,1-3H3,(H2,12,13). The van der Waals surface area contributed by atoms with Gasteiger partial charge in [-0.3, -0.25) is 0 Å². The van der Waals surface area contributed by atoms with E-state index in [-0.39, 0.29) is 24.3 Å². The summed E-state index contributed by atoms with van der Waals surface area (Å²) in [6, 6.07) is -0.327. The van der Waals surface area contributed by atoms with Crippen molar-refractivity contribution in [3.05, 3.63) is 0 Å². The first-order chi connectivity index (χ1) is 8.80. The summed E-state index contributed by atoms with van der Waals surface area (Å²) in [4.78, 5) is 0. The molecule has 7 nitrogen and oxygen atoms in total. The van der Waals surface area contributed by atoms with Crippen molar-refractivity contribution in [2.75, 3.05) is 13.6 Å². The highest BCUT2D eigenvalue weighted by molar-refractivity contribution is 7.86. The third-order valence-corrected chi connectivity index (χ3v) is 5.88. The van der Waals surface area contributed by atoms with Gasteiger partial charge in [-0.15, -0.1) is 0 Å². The number of nitrogens with two attached hydrogens (primary N) is 1. The van der Waals surface area contributed by atoms with Crippen LogP contribution in [0.25, 0.3) is 0 Å². The fourth-order valence-corrected chi connectivity index (χ4v) is 4.06. The van der Waals surface area contributed by atoms with Gasteiger partial charge in [-0.25, -0.2) is 0 Å². The molecule has 19 heavy (non-hydrogen) atoms. The molecule has 0 saturated carbocycles. The molecule has 2 unspecified atom stereocenters. The van der Waals surface area contributed by atoms with Crippen molar-refractivity contribution in [1.82, 2.24) is 8.61 Å². The highest BCUT2D eigenvalue weighted by atomic mass is 32.2. The number of oxime groups is 1. The summed E-state index contributed by atoms with van der Waals surface area (Å²) in [5.74, 6) is 0.0289. The molecule has 1 aliphatic heterocycles. The first-order valence-electron chi connectivity index (χ1n) is 6.52. The number of amidine groups is 1. The Morgan fingerprint density at radius 1 is 1.58 bits per heavy atom. The van der Waals surface area contributed by atoms with Gasteiger partial charge in [-0.05, 0) is 26.7 Å². The van der Waals surface area contributed by atoms with Crippen molar-refractivity contribution in [2.45, 2.75) is 51.6 Å². The van der Waals surface area contributed by atoms with Crippen molar-refractivity contribution in [1.29, 1.82) is 0 Å². The summed E-state index contributed by atoms with van der Waals surface area (Å²) in [6.45, 7) is 4.23. The predicted octanol–water partition coefficient (Wildman–Crippen LogP) is 0.562. The molecular formula is C11H24N4O3S. The van der Waals surface area contributed by atoms with Gasteiger partial charge in [0, 0.05) is 32.1 Å². The Balaban J connectivity index is 2.80. The van der Waals surface area contributed by atoms with E-state index in [4.69, 9.17) is 10.9 Å². The first-order valence-corrected chi connectivity index (χ1v) is 7.91. The van der Waals surface area contributed by atoms with Gasteiger partial charge in [-0.1, -0.05) is 11.6 Å². The van der Waals surface area contributed by atoms with Crippen LogP contribution in [-0.4, -0.2) is 53.7 Å². The second-order valence-electron chi connectivity index (χ2n) is 5.12. The maximum absolute atomic E-state index is 12.5. The minimum absolute atomic E-state index is 0.0252. The van der Waals surface area contributed by atoms with Crippen molar-refractivity contribution in [3.8, 4) is 0 Å². The molecule has 2 atom stereocenters. The number of hydrogen-bond donors (Lipinski definition) is 2. The number of piperidine rings is 1. The molecule has 8 heteroatoms. The van der Waals surface area contributed by atoms with Crippen LogP contribution in [0.1, 0.15) is 39.5 Å². The molecule has 0 spiro atoms. The van der Waals surface area contributed by atoms with Gasteiger partial charge in [0.05, 0.1) is 0 Å². The van der Waals surface area contributed by atoms with E-state index in [1.165, 1.54) is 11.4 Å². The van der Waals surface area contributed by atoms with Crippen LogP contribution in [0.3, 0.4) is 0 Å². The fraction of sp³-hybridized carbons (Fsp3) is 0.909. The largest absolute Gasteiger partial charge is 0.409 e. The highest BCUT2D eigenvalue weighted by Gasteiger charge is 2.34. The maximum atomic E-state index is 12.5. The highest BCUT2D eigenvalue weighted by Crippen LogP contribution is 2.23. The van der Waals surface area contributed by atoms with E-state index in [1.54, 1.807) is 11.2 Å². The van der Waals surface area contributed by atoms with Crippen molar-refractivity contribution < 1.29 is 13.6 Å². The minimum atomic E-state index is -3.49. The van der Waals surface area contributed by atoms with Crippen molar-refractivity contribution in [2.24, 2.45) is 10.9 Å². The molecule has 0 aromatic carbocycles. The lowest BCUT2D eigenvalue weighted by molar-refractivity contribution is 0.241. The maximum Gasteiger partial charge on any atom is 0.282 e. The van der Waals surface area contributed by atoms with Crippen molar-refractivity contribution >= 4 is 16.0 Å². The number of nitrogens with zero attached hydrogens (tertiary/aromatic N) is 3. The lowest BCUT2D eigenvalue weighted by atomic mass is 10.1. The Morgan fingerprint density at radius 3 is 2.74 bits per heavy atom. The van der Waals surface area contributed by atoms with Gasteiger partial charge in [0.2, 0.25) is 0 Å². The molecular weight excluding hydrogens is 268 g/mol. The van der Waals surface area contributed by atoms with Crippen LogP contribution in [0.4, 0.5) is 0 Å². The van der Waals surface area contributed by atoms with E-state index >= 15 is 0 Å². The molecule has 3 N–H and O–H groups in total. The quantitative estimate of drug-likeness (QED) is 0.335. The average Bonchev–Trinajstić information content (AvgIpc) is 2.37. The van der Waals surface area contributed by atoms with Gasteiger partial charge < -0.3 is 10.9 Å². The second kappa shape index (κ2) is 6.53. The summed E-state index contributed by atoms with van der Waals surface area (Å²) in [5, 5.41) is 11.4. The summed E-state index contributed by atoms with van der Waals surface area (Å²) in [6.07, 6.45) is 3.05. The first kappa shape index (κ1) is 16.2. The van der Waals surface area contributed by atoms with Crippen LogP contribution in [0.5, 0.6) is 0 Å². The molecule has 0 radical (unpaired) electrons. The smallest absolute Gasteiger partial charge is 0.282 e. The van der Waals surface area contributed by atoms with Gasteiger partial charge in [0.25, 0.3) is 10.2 Å². The molecule has 112 valence electrons. The van der Waals surface area contributed by atoms with E-state index in [9.17, 15) is 8.42 Å². The zero-order valence-corrected chi connectivity index (χ0v) is 12.6. The Kier molecular flexibility index (Phi) is 5.57. The topological polar surface area (TPSA) is 99.2 Å². The molecule has 1 heterocycles. The van der Waals surface area contributed by atoms with E-state index in [1.807, 2.05) is 6.92 Å². The fourth-order valence-electron chi connectivity index (χ4n) is 2.28. The van der Waals surface area contributed by atoms with Gasteiger partial charge >= 0.3 is 0 Å². The molecule has 0 aromatic heterocycles. The molecule has 1 saturated heterocycles. The van der Waals surface area contributed by atoms with Crippen LogP contribution in [-0.2, 0) is 10.2 Å². The normalized spacial score (nSPS) is 24.6. The van der Waals surface area contributed by atoms with Gasteiger partial charge in [-0.2, -0.15) is 17.0 Å². The summed E-state index contributed by atoms with van der Waals surface area (Å²) >= 11 is 0. The molecule has 0 bridgehead atoms. The minimum Gasteiger partial charge on any atom is -0.409 e. The van der Waals surface area contributed by atoms with E-state index in [0.717, 1.165) is 19.3 Å². The van der Waals surface area contributed by atoms with Crippen molar-refractivity contribution in [3.63, 3.8) is 0 Å². The molecule has 0 aliphatic carbocycles. The van der Waals surface area contributed by atoms with E-state index < -0.39 is 10.2 Å². The number of hydrogen-bond acceptors (Lipinski definition) is 4. The Morgan fingerprint density at radius 2 is 2.21 bits per heavy atom. The third-order valence-electron chi connectivity index (χ3n) is 3.66. The van der Waals surface area contributed by atoms with E-state index in [0.29, 0.717) is 6.54 Å². The number of rotatable bonds is 5. The Bertz CT molecular complexity index is 424. The lowest BCUT2D eigenvalue weighted by Gasteiger charge is -2.36. The second-order valence-corrected chi connectivity index (χ2v) is 7.06. The summed E-state index contributed by atoms with van der Waals surface area (Å²) < 4.78 is 27.9. The SMILES string of the molecule is CC(CC(N)=NO)N(C)S(=O)(=O)N1CCCCC1C. The predicted molar refractivity (Wildman–Crippen MR) is 74.2 cm³/mol. The van der Waals surface area contributed by atoms with Crippen LogP contribution in [0, 0.1) is 0 Å². The third kappa shape index (κ3) is 3.80. The molecule has 1 aliphatic rings. The van der Waals surface area contributed by atoms with Crippen LogP contribution >= 0.6 is 0 Å². The molecule has 1 rings (SSSR count). The van der Waals surface area contributed by atoms with Crippen LogP contribution in [0.2, 0.25) is 0 Å². The molecule has 0 amide bonds. The monoisotopic (exact) mass is 292 g/mol. The van der Waals surface area contributed by atoms with Gasteiger partial charge in [0.15, 0.2) is 0 Å². The zero-order chi connectivity index (χ0) is 14.6. The molecule has 0 aromatic rings. The zero-order valence-electron chi connectivity index (χ0n) is 11.8. The summed E-state index contributed by atoms with van der Waals surface area (Å²) in [7, 11) is -1.96. The lowest BCUT2D eigenvalue weighted by Crippen LogP contribution is -2.51. The van der Waals surface area contributed by atoms with Crippen LogP contribution < -0.4 is 5.73 Å². The Hall–Kier alpha value is -0.860. The Labute approximate surface area is 115 Å². The van der Waals surface area contributed by atoms with E-state index in [2.05, 4.69) is 5.16 Å². The summed E-state index contributed by atoms with van der Waals surface area (Å²) in [5.41, 5.74) is 5.43.